The maximum absolute atomic E-state index is 12.7. The number of nitriles is 1. The first-order chi connectivity index (χ1) is 14.6. The molecule has 2 aromatic carbocycles. The van der Waals surface area contributed by atoms with Crippen LogP contribution in [0.5, 0.6) is 5.75 Å². The molecule has 0 unspecified atom stereocenters. The second kappa shape index (κ2) is 8.51. The fourth-order valence-electron chi connectivity index (χ4n) is 2.74. The minimum Gasteiger partial charge on any atom is -0.471 e. The number of benzene rings is 2. The average Bonchev–Trinajstić information content (AvgIpc) is 3.40. The van der Waals surface area contributed by atoms with E-state index in [4.69, 9.17) is 16.3 Å². The Balaban J connectivity index is 1.49. The third-order valence-corrected chi connectivity index (χ3v) is 4.39. The molecule has 2 aromatic heterocycles. The Morgan fingerprint density at radius 2 is 2.00 bits per heavy atom. The van der Waals surface area contributed by atoms with Gasteiger partial charge in [0.1, 0.15) is 17.4 Å². The zero-order chi connectivity index (χ0) is 20.9. The molecule has 30 heavy (non-hydrogen) atoms. The first-order valence-corrected chi connectivity index (χ1v) is 9.28. The van der Waals surface area contributed by atoms with E-state index >= 15 is 0 Å². The maximum Gasteiger partial charge on any atom is 0.277 e. The summed E-state index contributed by atoms with van der Waals surface area (Å²) in [6, 6.07) is 19.8. The lowest BCUT2D eigenvalue weighted by molar-refractivity contribution is 0.101. The Kier molecular flexibility index (Phi) is 5.46. The molecular formula is C21H15ClN6O2. The summed E-state index contributed by atoms with van der Waals surface area (Å²) in [6.45, 7) is 0.110. The van der Waals surface area contributed by atoms with Crippen LogP contribution in [0.2, 0.25) is 5.02 Å². The standard InChI is InChI=1S/C21H15ClN6O2/c22-16-5-4-8-18(11-16)30-14-27-10-9-19(26-27)21(29)25-20-15(12-23)13-24-28(20)17-6-2-1-3-7-17/h1-11,13H,14H2,(H,25,29). The maximum atomic E-state index is 12.7. The van der Waals surface area contributed by atoms with E-state index < -0.39 is 5.91 Å². The largest absolute Gasteiger partial charge is 0.471 e. The topological polar surface area (TPSA) is 97.8 Å². The van der Waals surface area contributed by atoms with Crippen LogP contribution in [0.15, 0.2) is 73.1 Å². The van der Waals surface area contributed by atoms with Gasteiger partial charge < -0.3 is 10.1 Å². The summed E-state index contributed by atoms with van der Waals surface area (Å²) >= 11 is 5.94. The van der Waals surface area contributed by atoms with E-state index in [2.05, 4.69) is 15.5 Å². The van der Waals surface area contributed by atoms with Gasteiger partial charge in [-0.15, -0.1) is 0 Å². The lowest BCUT2D eigenvalue weighted by Gasteiger charge is -2.09. The summed E-state index contributed by atoms with van der Waals surface area (Å²) in [7, 11) is 0. The van der Waals surface area contributed by atoms with Gasteiger partial charge in [-0.3, -0.25) is 4.79 Å². The number of nitrogens with one attached hydrogen (secondary N) is 1. The van der Waals surface area contributed by atoms with E-state index in [-0.39, 0.29) is 23.8 Å². The van der Waals surface area contributed by atoms with E-state index in [9.17, 15) is 10.1 Å². The van der Waals surface area contributed by atoms with Gasteiger partial charge >= 0.3 is 0 Å². The van der Waals surface area contributed by atoms with Crippen molar-refractivity contribution in [3.05, 3.63) is 89.3 Å². The second-order valence-corrected chi connectivity index (χ2v) is 6.63. The molecule has 9 heteroatoms. The van der Waals surface area contributed by atoms with E-state index in [1.54, 1.807) is 36.5 Å². The van der Waals surface area contributed by atoms with Crippen molar-refractivity contribution in [2.24, 2.45) is 0 Å². The fraction of sp³-hybridized carbons (Fsp3) is 0.0476. The number of nitrogens with zero attached hydrogens (tertiary/aromatic N) is 5. The van der Waals surface area contributed by atoms with Gasteiger partial charge in [-0.05, 0) is 36.4 Å². The molecule has 0 aliphatic carbocycles. The minimum atomic E-state index is -0.467. The molecule has 2 heterocycles. The van der Waals surface area contributed by atoms with Gasteiger partial charge in [-0.2, -0.15) is 15.5 Å². The number of aromatic nitrogens is 4. The minimum absolute atomic E-state index is 0.110. The summed E-state index contributed by atoms with van der Waals surface area (Å²) in [5.74, 6) is 0.401. The third kappa shape index (κ3) is 4.16. The number of carbonyl (C=O) groups is 1. The normalized spacial score (nSPS) is 10.4. The summed E-state index contributed by atoms with van der Waals surface area (Å²) in [6.07, 6.45) is 3.03. The van der Waals surface area contributed by atoms with Crippen molar-refractivity contribution in [3.63, 3.8) is 0 Å². The Morgan fingerprint density at radius 3 is 2.77 bits per heavy atom. The van der Waals surface area contributed by atoms with Crippen LogP contribution in [-0.2, 0) is 6.73 Å². The summed E-state index contributed by atoms with van der Waals surface area (Å²) in [4.78, 5) is 12.7. The molecule has 0 fully saturated rings. The molecule has 0 radical (unpaired) electrons. The number of anilines is 1. The van der Waals surface area contributed by atoms with Crippen LogP contribution in [0.4, 0.5) is 5.82 Å². The smallest absolute Gasteiger partial charge is 0.277 e. The predicted molar refractivity (Wildman–Crippen MR) is 111 cm³/mol. The number of carbonyl (C=O) groups excluding carboxylic acids is 1. The molecule has 0 atom stereocenters. The van der Waals surface area contributed by atoms with Gasteiger partial charge in [0.25, 0.3) is 5.91 Å². The number of hydrogen-bond acceptors (Lipinski definition) is 5. The van der Waals surface area contributed by atoms with Crippen LogP contribution < -0.4 is 10.1 Å². The molecule has 8 nitrogen and oxygen atoms in total. The van der Waals surface area contributed by atoms with Crippen molar-refractivity contribution in [2.45, 2.75) is 6.73 Å². The highest BCUT2D eigenvalue weighted by Gasteiger charge is 2.17. The number of para-hydroxylation sites is 1. The average molecular weight is 419 g/mol. The van der Waals surface area contributed by atoms with Gasteiger partial charge in [-0.1, -0.05) is 35.9 Å². The lowest BCUT2D eigenvalue weighted by Crippen LogP contribution is -2.17. The molecule has 0 saturated carbocycles. The van der Waals surface area contributed by atoms with Crippen LogP contribution in [0.1, 0.15) is 16.1 Å². The van der Waals surface area contributed by atoms with Gasteiger partial charge in [0.05, 0.1) is 11.9 Å². The van der Waals surface area contributed by atoms with Crippen molar-refractivity contribution in [1.82, 2.24) is 19.6 Å². The molecule has 0 bridgehead atoms. The van der Waals surface area contributed by atoms with Crippen LogP contribution in [0, 0.1) is 11.3 Å². The van der Waals surface area contributed by atoms with Gasteiger partial charge in [0.2, 0.25) is 0 Å². The van der Waals surface area contributed by atoms with Gasteiger partial charge in [0.15, 0.2) is 18.2 Å². The highest BCUT2D eigenvalue weighted by molar-refractivity contribution is 6.30. The SMILES string of the molecule is N#Cc1cnn(-c2ccccc2)c1NC(=O)c1ccn(COc2cccc(Cl)c2)n1. The second-order valence-electron chi connectivity index (χ2n) is 6.19. The van der Waals surface area contributed by atoms with Crippen LogP contribution in [0.3, 0.4) is 0 Å². The zero-order valence-electron chi connectivity index (χ0n) is 15.6. The summed E-state index contributed by atoms with van der Waals surface area (Å²) in [5, 5.41) is 21.1. The Hall–Kier alpha value is -4.09. The predicted octanol–water partition coefficient (Wildman–Crippen LogP) is 3.88. The van der Waals surface area contributed by atoms with Crippen molar-refractivity contribution in [1.29, 1.82) is 5.26 Å². The molecule has 1 N–H and O–H groups in total. The molecule has 148 valence electrons. The number of amides is 1. The first kappa shape index (κ1) is 19.2. The molecule has 0 aliphatic heterocycles. The van der Waals surface area contributed by atoms with E-state index in [0.717, 1.165) is 5.69 Å². The van der Waals surface area contributed by atoms with Gasteiger partial charge in [0, 0.05) is 11.2 Å². The molecular weight excluding hydrogens is 404 g/mol. The van der Waals surface area contributed by atoms with E-state index in [0.29, 0.717) is 10.8 Å². The first-order valence-electron chi connectivity index (χ1n) is 8.91. The van der Waals surface area contributed by atoms with E-state index in [1.807, 2.05) is 36.4 Å². The van der Waals surface area contributed by atoms with Gasteiger partial charge in [-0.25, -0.2) is 9.36 Å². The number of ether oxygens (including phenoxy) is 1. The monoisotopic (exact) mass is 418 g/mol. The third-order valence-electron chi connectivity index (χ3n) is 4.16. The molecule has 4 rings (SSSR count). The van der Waals surface area contributed by atoms with Crippen molar-refractivity contribution in [2.75, 3.05) is 5.32 Å². The molecule has 0 aliphatic rings. The van der Waals surface area contributed by atoms with Crippen LogP contribution in [0.25, 0.3) is 5.69 Å². The molecule has 0 saturated heterocycles. The highest BCUT2D eigenvalue weighted by Crippen LogP contribution is 2.20. The Bertz CT molecular complexity index is 1230. The molecule has 4 aromatic rings. The van der Waals surface area contributed by atoms with Crippen LogP contribution >= 0.6 is 11.6 Å². The summed E-state index contributed by atoms with van der Waals surface area (Å²) < 4.78 is 8.59. The van der Waals surface area contributed by atoms with Crippen molar-refractivity contribution >= 4 is 23.3 Å². The summed E-state index contributed by atoms with van der Waals surface area (Å²) in [5.41, 5.74) is 1.14. The number of rotatable bonds is 6. The Labute approximate surface area is 176 Å². The Morgan fingerprint density at radius 1 is 1.17 bits per heavy atom. The fourth-order valence-corrected chi connectivity index (χ4v) is 2.92. The van der Waals surface area contributed by atoms with E-state index in [1.165, 1.54) is 15.6 Å². The molecule has 1 amide bonds. The van der Waals surface area contributed by atoms with Crippen molar-refractivity contribution < 1.29 is 9.53 Å². The quantitative estimate of drug-likeness (QED) is 0.512. The zero-order valence-corrected chi connectivity index (χ0v) is 16.3. The molecule has 0 spiro atoms. The highest BCUT2D eigenvalue weighted by atomic mass is 35.5. The lowest BCUT2D eigenvalue weighted by atomic mass is 10.3. The van der Waals surface area contributed by atoms with Crippen molar-refractivity contribution in [3.8, 4) is 17.5 Å². The number of hydrogen-bond donors (Lipinski definition) is 1. The number of halogens is 1. The van der Waals surface area contributed by atoms with Crippen LogP contribution in [-0.4, -0.2) is 25.5 Å².